The first-order valence-corrected chi connectivity index (χ1v) is 9.66. The number of carbonyl (C=O) groups is 1. The molecule has 0 bridgehead atoms. The molecule has 6 nitrogen and oxygen atoms in total. The molecule has 1 amide bonds. The van der Waals surface area contributed by atoms with Crippen LogP contribution in [0.3, 0.4) is 0 Å². The third-order valence-electron chi connectivity index (χ3n) is 4.48. The SMILES string of the molecule is CC1CN(CC(=O)Nc2nc(-c3c[nH]c4ccccc34)cs2)CC(C)O1. The number of anilines is 1. The van der Waals surface area contributed by atoms with Crippen molar-refractivity contribution in [3.63, 3.8) is 0 Å². The number of hydrogen-bond acceptors (Lipinski definition) is 5. The lowest BCUT2D eigenvalue weighted by molar-refractivity contribution is -0.121. The van der Waals surface area contributed by atoms with Crippen molar-refractivity contribution >= 4 is 33.3 Å². The number of rotatable bonds is 4. The van der Waals surface area contributed by atoms with Crippen LogP contribution >= 0.6 is 11.3 Å². The van der Waals surface area contributed by atoms with Crippen molar-refractivity contribution in [2.75, 3.05) is 25.0 Å². The fraction of sp³-hybridized carbons (Fsp3) is 0.368. The molecule has 2 unspecified atom stereocenters. The Bertz CT molecular complexity index is 909. The van der Waals surface area contributed by atoms with E-state index in [1.54, 1.807) is 0 Å². The number of amides is 1. The predicted molar refractivity (Wildman–Crippen MR) is 104 cm³/mol. The first-order valence-electron chi connectivity index (χ1n) is 8.78. The number of aromatic nitrogens is 2. The highest BCUT2D eigenvalue weighted by molar-refractivity contribution is 7.14. The normalized spacial score (nSPS) is 21.2. The minimum absolute atomic E-state index is 0.0360. The average Bonchev–Trinajstić information content (AvgIpc) is 3.20. The van der Waals surface area contributed by atoms with Crippen LogP contribution < -0.4 is 5.32 Å². The van der Waals surface area contributed by atoms with E-state index in [1.807, 2.05) is 43.6 Å². The third kappa shape index (κ3) is 3.65. The van der Waals surface area contributed by atoms with Crippen molar-refractivity contribution in [1.29, 1.82) is 0 Å². The average molecular weight is 370 g/mol. The van der Waals surface area contributed by atoms with Gasteiger partial charge in [0.15, 0.2) is 5.13 Å². The second-order valence-electron chi connectivity index (χ2n) is 6.79. The van der Waals surface area contributed by atoms with Crippen molar-refractivity contribution in [1.82, 2.24) is 14.9 Å². The Balaban J connectivity index is 1.43. The molecule has 0 aliphatic carbocycles. The summed E-state index contributed by atoms with van der Waals surface area (Å²) in [6.07, 6.45) is 2.27. The van der Waals surface area contributed by atoms with Gasteiger partial charge in [-0.2, -0.15) is 0 Å². The van der Waals surface area contributed by atoms with Gasteiger partial charge in [0.1, 0.15) is 0 Å². The molecule has 0 radical (unpaired) electrons. The number of benzene rings is 1. The minimum atomic E-state index is -0.0360. The molecule has 0 spiro atoms. The van der Waals surface area contributed by atoms with Gasteiger partial charge in [-0.1, -0.05) is 18.2 Å². The number of H-pyrrole nitrogens is 1. The fourth-order valence-corrected chi connectivity index (χ4v) is 4.24. The van der Waals surface area contributed by atoms with E-state index < -0.39 is 0 Å². The molecule has 0 saturated carbocycles. The fourth-order valence-electron chi connectivity index (χ4n) is 3.51. The zero-order chi connectivity index (χ0) is 18.1. The van der Waals surface area contributed by atoms with Crippen molar-refractivity contribution < 1.29 is 9.53 Å². The van der Waals surface area contributed by atoms with E-state index in [-0.39, 0.29) is 18.1 Å². The van der Waals surface area contributed by atoms with Gasteiger partial charge < -0.3 is 15.0 Å². The summed E-state index contributed by atoms with van der Waals surface area (Å²) in [6, 6.07) is 8.12. The number of nitrogens with one attached hydrogen (secondary N) is 2. The Kier molecular flexibility index (Phi) is 4.76. The van der Waals surface area contributed by atoms with E-state index in [0.717, 1.165) is 35.2 Å². The molecule has 1 saturated heterocycles. The molecule has 1 fully saturated rings. The van der Waals surface area contributed by atoms with Crippen LogP contribution in [-0.4, -0.2) is 52.6 Å². The maximum absolute atomic E-state index is 12.4. The highest BCUT2D eigenvalue weighted by atomic mass is 32.1. The molecule has 3 aromatic rings. The topological polar surface area (TPSA) is 70.2 Å². The van der Waals surface area contributed by atoms with Crippen LogP contribution in [-0.2, 0) is 9.53 Å². The van der Waals surface area contributed by atoms with Gasteiger partial charge in [0.2, 0.25) is 5.91 Å². The molecular formula is C19H22N4O2S. The first kappa shape index (κ1) is 17.2. The maximum atomic E-state index is 12.4. The number of hydrogen-bond donors (Lipinski definition) is 2. The molecule has 4 rings (SSSR count). The van der Waals surface area contributed by atoms with Crippen LogP contribution in [0.4, 0.5) is 5.13 Å². The highest BCUT2D eigenvalue weighted by Gasteiger charge is 2.24. The number of aromatic amines is 1. The van der Waals surface area contributed by atoms with Crippen molar-refractivity contribution in [2.45, 2.75) is 26.1 Å². The van der Waals surface area contributed by atoms with E-state index in [9.17, 15) is 4.79 Å². The summed E-state index contributed by atoms with van der Waals surface area (Å²) in [5, 5.41) is 6.66. The summed E-state index contributed by atoms with van der Waals surface area (Å²) in [5.41, 5.74) is 3.00. The Labute approximate surface area is 156 Å². The second-order valence-corrected chi connectivity index (χ2v) is 7.64. The first-order chi connectivity index (χ1) is 12.6. The number of ether oxygens (including phenoxy) is 1. The number of nitrogens with zero attached hydrogens (tertiary/aromatic N) is 2. The smallest absolute Gasteiger partial charge is 0.240 e. The Morgan fingerprint density at radius 3 is 2.92 bits per heavy atom. The van der Waals surface area contributed by atoms with Crippen molar-refractivity contribution in [3.05, 3.63) is 35.8 Å². The lowest BCUT2D eigenvalue weighted by Crippen LogP contribution is -2.48. The van der Waals surface area contributed by atoms with Crippen LogP contribution in [0.1, 0.15) is 13.8 Å². The third-order valence-corrected chi connectivity index (χ3v) is 5.24. The van der Waals surface area contributed by atoms with Gasteiger partial charge in [-0.15, -0.1) is 11.3 Å². The lowest BCUT2D eigenvalue weighted by Gasteiger charge is -2.34. The summed E-state index contributed by atoms with van der Waals surface area (Å²) in [5.74, 6) is -0.0360. The zero-order valence-corrected chi connectivity index (χ0v) is 15.7. The van der Waals surface area contributed by atoms with Crippen LogP contribution in [0.2, 0.25) is 0 Å². The number of thiazole rings is 1. The van der Waals surface area contributed by atoms with Gasteiger partial charge in [-0.05, 0) is 19.9 Å². The van der Waals surface area contributed by atoms with Crippen LogP contribution in [0.5, 0.6) is 0 Å². The molecule has 26 heavy (non-hydrogen) atoms. The molecule has 1 aliphatic heterocycles. The highest BCUT2D eigenvalue weighted by Crippen LogP contribution is 2.30. The number of morpholine rings is 1. The number of carbonyl (C=O) groups excluding carboxylic acids is 1. The van der Waals surface area contributed by atoms with E-state index in [0.29, 0.717) is 11.7 Å². The molecule has 2 atom stereocenters. The van der Waals surface area contributed by atoms with E-state index in [1.165, 1.54) is 11.3 Å². The van der Waals surface area contributed by atoms with E-state index in [4.69, 9.17) is 4.74 Å². The number of para-hydroxylation sites is 1. The van der Waals surface area contributed by atoms with Crippen molar-refractivity contribution in [2.24, 2.45) is 0 Å². The van der Waals surface area contributed by atoms with Crippen LogP contribution in [0.15, 0.2) is 35.8 Å². The monoisotopic (exact) mass is 370 g/mol. The standard InChI is InChI=1S/C19H22N4O2S/c1-12-8-23(9-13(2)25-12)10-18(24)22-19-21-17(11-26-19)15-7-20-16-6-4-3-5-14(15)16/h3-7,11-13,20H,8-10H2,1-2H3,(H,21,22,24). The molecule has 136 valence electrons. The van der Waals surface area contributed by atoms with Gasteiger partial charge in [0.05, 0.1) is 24.4 Å². The Morgan fingerprint density at radius 2 is 2.12 bits per heavy atom. The van der Waals surface area contributed by atoms with Gasteiger partial charge >= 0.3 is 0 Å². The molecule has 2 aromatic heterocycles. The summed E-state index contributed by atoms with van der Waals surface area (Å²) in [6.45, 7) is 5.98. The quantitative estimate of drug-likeness (QED) is 0.739. The molecule has 2 N–H and O–H groups in total. The molecule has 3 heterocycles. The van der Waals surface area contributed by atoms with Gasteiger partial charge in [0.25, 0.3) is 0 Å². The molecule has 7 heteroatoms. The van der Waals surface area contributed by atoms with Gasteiger partial charge in [0, 0.05) is 41.1 Å². The summed E-state index contributed by atoms with van der Waals surface area (Å²) < 4.78 is 5.71. The van der Waals surface area contributed by atoms with Crippen LogP contribution in [0, 0.1) is 0 Å². The zero-order valence-electron chi connectivity index (χ0n) is 14.9. The van der Waals surface area contributed by atoms with E-state index in [2.05, 4.69) is 26.3 Å². The summed E-state index contributed by atoms with van der Waals surface area (Å²) >= 11 is 1.45. The maximum Gasteiger partial charge on any atom is 0.240 e. The van der Waals surface area contributed by atoms with Crippen LogP contribution in [0.25, 0.3) is 22.2 Å². The summed E-state index contributed by atoms with van der Waals surface area (Å²) in [7, 11) is 0. The Morgan fingerprint density at radius 1 is 1.35 bits per heavy atom. The Hall–Kier alpha value is -2.22. The molecule has 1 aromatic carbocycles. The predicted octanol–water partition coefficient (Wildman–Crippen LogP) is 3.34. The van der Waals surface area contributed by atoms with Crippen molar-refractivity contribution in [3.8, 4) is 11.3 Å². The summed E-state index contributed by atoms with van der Waals surface area (Å²) in [4.78, 5) is 22.3. The van der Waals surface area contributed by atoms with E-state index >= 15 is 0 Å². The minimum Gasteiger partial charge on any atom is -0.373 e. The molecular weight excluding hydrogens is 348 g/mol. The lowest BCUT2D eigenvalue weighted by atomic mass is 10.1. The van der Waals surface area contributed by atoms with Gasteiger partial charge in [-0.25, -0.2) is 4.98 Å². The largest absolute Gasteiger partial charge is 0.373 e. The van der Waals surface area contributed by atoms with Gasteiger partial charge in [-0.3, -0.25) is 9.69 Å². The molecule has 1 aliphatic rings. The second kappa shape index (κ2) is 7.19. The number of fused-ring (bicyclic) bond motifs is 1.